The van der Waals surface area contributed by atoms with E-state index < -0.39 is 36.4 Å². The Kier molecular flexibility index (Phi) is 15.9. The quantitative estimate of drug-likeness (QED) is 0.193. The van der Waals surface area contributed by atoms with Gasteiger partial charge in [-0.2, -0.15) is 0 Å². The van der Waals surface area contributed by atoms with Crippen LogP contribution in [0.2, 0.25) is 0 Å². The predicted octanol–water partition coefficient (Wildman–Crippen LogP) is 1.83. The lowest BCUT2D eigenvalue weighted by atomic mass is 9.96. The molecule has 0 saturated carbocycles. The Balaban J connectivity index is 0.000000761. The first-order valence-electron chi connectivity index (χ1n) is 11.4. The van der Waals surface area contributed by atoms with Crippen molar-refractivity contribution in [2.24, 2.45) is 0 Å². The van der Waals surface area contributed by atoms with E-state index in [4.69, 9.17) is 29.9 Å². The number of carbonyl (C=O) groups is 4. The van der Waals surface area contributed by atoms with Crippen molar-refractivity contribution in [2.75, 3.05) is 39.5 Å². The van der Waals surface area contributed by atoms with Gasteiger partial charge in [-0.25, -0.2) is 4.79 Å². The first-order valence-corrected chi connectivity index (χ1v) is 11.4. The molecule has 0 saturated heterocycles. The number of ether oxygens (including phenoxy) is 2. The molecule has 1 atom stereocenters. The summed E-state index contributed by atoms with van der Waals surface area (Å²) in [7, 11) is 0. The predicted molar refractivity (Wildman–Crippen MR) is 126 cm³/mol. The molecule has 4 N–H and O–H groups in total. The second kappa shape index (κ2) is 17.4. The number of nitrogens with zero attached hydrogens (tertiary/aromatic N) is 1. The second-order valence-electron chi connectivity index (χ2n) is 7.66. The largest absolute Gasteiger partial charge is 0.481 e. The van der Waals surface area contributed by atoms with E-state index in [1.165, 1.54) is 0 Å². The molecule has 1 aromatic carbocycles. The van der Waals surface area contributed by atoms with E-state index in [9.17, 15) is 19.2 Å². The normalized spacial score (nSPS) is 11.8. The number of likely N-dealkylation sites (N-methyl/N-ethyl adjacent to an activating group) is 1. The topological polar surface area (TPSA) is 171 Å². The van der Waals surface area contributed by atoms with Gasteiger partial charge in [0.2, 0.25) is 0 Å². The number of aliphatic carboxylic acids is 3. The molecule has 0 amide bonds. The van der Waals surface area contributed by atoms with Crippen molar-refractivity contribution in [2.45, 2.75) is 51.6 Å². The molecule has 35 heavy (non-hydrogen) atoms. The third-order valence-corrected chi connectivity index (χ3v) is 5.10. The number of aliphatic hydroxyl groups is 1. The molecule has 0 heterocycles. The van der Waals surface area contributed by atoms with Gasteiger partial charge in [-0.3, -0.25) is 14.4 Å². The monoisotopic (exact) mass is 499 g/mol. The van der Waals surface area contributed by atoms with E-state index in [1.807, 2.05) is 37.3 Å². The van der Waals surface area contributed by atoms with Crippen LogP contribution in [0.1, 0.15) is 51.5 Å². The molecule has 0 fully saturated rings. The van der Waals surface area contributed by atoms with Crippen LogP contribution in [0.4, 0.5) is 0 Å². The summed E-state index contributed by atoms with van der Waals surface area (Å²) in [6.45, 7) is 10.7. The van der Waals surface area contributed by atoms with Crippen LogP contribution < -0.4 is 0 Å². The van der Waals surface area contributed by atoms with Crippen LogP contribution >= 0.6 is 0 Å². The SMILES string of the molecule is CCC(C(=O)OCCOCCN(CC)CC)c1ccccc1.O=C(O)CC(O)(CC(=O)O)C(=O)O. The van der Waals surface area contributed by atoms with E-state index in [0.29, 0.717) is 19.8 Å². The summed E-state index contributed by atoms with van der Waals surface area (Å²) in [6, 6.07) is 9.78. The fourth-order valence-corrected chi connectivity index (χ4v) is 3.08. The van der Waals surface area contributed by atoms with E-state index in [0.717, 1.165) is 31.6 Å². The summed E-state index contributed by atoms with van der Waals surface area (Å²) in [6.07, 6.45) is -1.55. The molecule has 0 spiro atoms. The highest BCUT2D eigenvalue weighted by atomic mass is 16.6. The van der Waals surface area contributed by atoms with Crippen LogP contribution in [0.3, 0.4) is 0 Å². The Hall–Kier alpha value is -3.02. The molecule has 198 valence electrons. The van der Waals surface area contributed by atoms with Gasteiger partial charge in [0.1, 0.15) is 6.61 Å². The summed E-state index contributed by atoms with van der Waals surface area (Å²) in [5.41, 5.74) is -1.73. The molecule has 1 aromatic rings. The maximum Gasteiger partial charge on any atom is 0.336 e. The Bertz CT molecular complexity index is 764. The lowest BCUT2D eigenvalue weighted by molar-refractivity contribution is -0.170. The van der Waals surface area contributed by atoms with Crippen LogP contribution in [0.15, 0.2) is 30.3 Å². The lowest BCUT2D eigenvalue weighted by Crippen LogP contribution is -2.42. The summed E-state index contributed by atoms with van der Waals surface area (Å²) < 4.78 is 10.9. The summed E-state index contributed by atoms with van der Waals surface area (Å²) >= 11 is 0. The molecule has 0 radical (unpaired) electrons. The van der Waals surface area contributed by atoms with Crippen molar-refractivity contribution >= 4 is 23.9 Å². The van der Waals surface area contributed by atoms with Crippen molar-refractivity contribution in [3.63, 3.8) is 0 Å². The molecule has 0 bridgehead atoms. The first kappa shape index (κ1) is 32.0. The lowest BCUT2D eigenvalue weighted by Gasteiger charge is -2.18. The molecule has 11 nitrogen and oxygen atoms in total. The maximum atomic E-state index is 12.1. The van der Waals surface area contributed by atoms with Crippen LogP contribution in [0.25, 0.3) is 0 Å². The molecule has 0 aromatic heterocycles. The Labute approximate surface area is 205 Å². The van der Waals surface area contributed by atoms with Gasteiger partial charge in [0.15, 0.2) is 5.60 Å². The molecule has 0 aliphatic rings. The zero-order valence-corrected chi connectivity index (χ0v) is 20.5. The first-order chi connectivity index (χ1) is 16.5. The average Bonchev–Trinajstić information content (AvgIpc) is 2.79. The van der Waals surface area contributed by atoms with Crippen LogP contribution in [0.5, 0.6) is 0 Å². The van der Waals surface area contributed by atoms with Gasteiger partial charge in [-0.1, -0.05) is 51.1 Å². The molecule has 0 aliphatic heterocycles. The van der Waals surface area contributed by atoms with Crippen molar-refractivity contribution in [1.82, 2.24) is 4.90 Å². The fourth-order valence-electron chi connectivity index (χ4n) is 3.08. The van der Waals surface area contributed by atoms with E-state index in [1.54, 1.807) is 0 Å². The number of rotatable bonds is 16. The number of benzene rings is 1. The second-order valence-corrected chi connectivity index (χ2v) is 7.66. The summed E-state index contributed by atoms with van der Waals surface area (Å²) in [4.78, 5) is 44.9. The number of hydrogen-bond donors (Lipinski definition) is 4. The van der Waals surface area contributed by atoms with Gasteiger partial charge >= 0.3 is 23.9 Å². The maximum absolute atomic E-state index is 12.1. The minimum Gasteiger partial charge on any atom is -0.481 e. The Morgan fingerprint density at radius 3 is 1.86 bits per heavy atom. The minimum absolute atomic E-state index is 0.166. The summed E-state index contributed by atoms with van der Waals surface area (Å²) in [5, 5.41) is 33.8. The third kappa shape index (κ3) is 13.5. The number of carboxylic acids is 3. The van der Waals surface area contributed by atoms with Crippen molar-refractivity contribution < 1.29 is 49.1 Å². The third-order valence-electron chi connectivity index (χ3n) is 5.10. The van der Waals surface area contributed by atoms with Crippen LogP contribution in [-0.4, -0.2) is 94.3 Å². The number of carboxylic acid groups (broad SMARTS) is 3. The highest BCUT2D eigenvalue weighted by molar-refractivity contribution is 5.88. The molecule has 1 rings (SSSR count). The Morgan fingerprint density at radius 1 is 0.886 bits per heavy atom. The van der Waals surface area contributed by atoms with Gasteiger partial charge < -0.3 is 34.8 Å². The Morgan fingerprint density at radius 2 is 1.43 bits per heavy atom. The van der Waals surface area contributed by atoms with E-state index >= 15 is 0 Å². The standard InChI is InChI=1S/C18H29NO3.C6H8O7/c1-4-17(16-10-8-7-9-11-16)18(20)22-15-14-21-13-12-19(5-2)6-3;7-3(8)1-6(13,5(11)12)2-4(9)10/h7-11,17H,4-6,12-15H2,1-3H3;13H,1-2H2,(H,7,8)(H,9,10)(H,11,12). The minimum atomic E-state index is -2.74. The molecule has 11 heteroatoms. The van der Waals surface area contributed by atoms with Gasteiger partial charge in [0, 0.05) is 6.54 Å². The number of esters is 1. The van der Waals surface area contributed by atoms with Gasteiger partial charge in [0.25, 0.3) is 0 Å². The zero-order valence-electron chi connectivity index (χ0n) is 20.5. The van der Waals surface area contributed by atoms with Gasteiger partial charge in [0.05, 0.1) is 32.0 Å². The van der Waals surface area contributed by atoms with Crippen molar-refractivity contribution in [3.05, 3.63) is 35.9 Å². The van der Waals surface area contributed by atoms with E-state index in [2.05, 4.69) is 18.7 Å². The summed E-state index contributed by atoms with van der Waals surface area (Å²) in [5.74, 6) is -5.37. The van der Waals surface area contributed by atoms with Crippen LogP contribution in [0, 0.1) is 0 Å². The molecule has 0 aliphatic carbocycles. The van der Waals surface area contributed by atoms with Gasteiger partial charge in [-0.05, 0) is 25.1 Å². The molecule has 1 unspecified atom stereocenters. The van der Waals surface area contributed by atoms with Gasteiger partial charge in [-0.15, -0.1) is 0 Å². The highest BCUT2D eigenvalue weighted by Crippen LogP contribution is 2.20. The molecular formula is C24H37NO10. The fraction of sp³-hybridized carbons (Fsp3) is 0.583. The average molecular weight is 500 g/mol. The van der Waals surface area contributed by atoms with Crippen LogP contribution in [-0.2, 0) is 28.7 Å². The number of hydrogen-bond acceptors (Lipinski definition) is 8. The van der Waals surface area contributed by atoms with Crippen molar-refractivity contribution in [3.8, 4) is 0 Å². The van der Waals surface area contributed by atoms with Crippen molar-refractivity contribution in [1.29, 1.82) is 0 Å². The van der Waals surface area contributed by atoms with E-state index in [-0.39, 0.29) is 11.9 Å². The smallest absolute Gasteiger partial charge is 0.336 e. The molecular weight excluding hydrogens is 462 g/mol. The number of carbonyl (C=O) groups excluding carboxylic acids is 1. The highest BCUT2D eigenvalue weighted by Gasteiger charge is 2.40. The zero-order chi connectivity index (χ0) is 26.9.